The number of carbonyl (C=O) groups is 1. The molecule has 4 nitrogen and oxygen atoms in total. The van der Waals surface area contributed by atoms with Gasteiger partial charge < -0.3 is 9.47 Å². The minimum Gasteiger partial charge on any atom is -0.464 e. The summed E-state index contributed by atoms with van der Waals surface area (Å²) in [7, 11) is 0. The number of esters is 1. The molecular formula is C15H27NO3. The zero-order valence-corrected chi connectivity index (χ0v) is 12.7. The molecule has 0 bridgehead atoms. The Morgan fingerprint density at radius 3 is 2.74 bits per heavy atom. The van der Waals surface area contributed by atoms with E-state index in [-0.39, 0.29) is 17.1 Å². The number of carbonyl (C=O) groups excluding carboxylic acids is 1. The highest BCUT2D eigenvalue weighted by Crippen LogP contribution is 2.43. The molecule has 2 saturated heterocycles. The summed E-state index contributed by atoms with van der Waals surface area (Å²) in [6.45, 7) is 10.2. The maximum Gasteiger partial charge on any atom is 0.302 e. The summed E-state index contributed by atoms with van der Waals surface area (Å²) < 4.78 is 11.2. The maximum atomic E-state index is 11.0. The summed E-state index contributed by atoms with van der Waals surface area (Å²) in [5, 5.41) is 0. The number of nitrogens with zero attached hydrogens (tertiary/aromatic N) is 1. The van der Waals surface area contributed by atoms with Gasteiger partial charge in [0, 0.05) is 18.5 Å². The van der Waals surface area contributed by atoms with E-state index in [0.717, 1.165) is 26.0 Å². The molecule has 4 heteroatoms. The monoisotopic (exact) mass is 269 g/mol. The lowest BCUT2D eigenvalue weighted by atomic mass is 9.95. The predicted molar refractivity (Wildman–Crippen MR) is 74.0 cm³/mol. The molecule has 19 heavy (non-hydrogen) atoms. The summed E-state index contributed by atoms with van der Waals surface area (Å²) in [5.74, 6) is -0.178. The van der Waals surface area contributed by atoms with Crippen LogP contribution in [0.2, 0.25) is 0 Å². The van der Waals surface area contributed by atoms with Crippen molar-refractivity contribution < 1.29 is 14.3 Å². The lowest BCUT2D eigenvalue weighted by molar-refractivity contribution is -0.143. The quantitative estimate of drug-likeness (QED) is 0.734. The maximum absolute atomic E-state index is 11.0. The Balaban J connectivity index is 1.95. The van der Waals surface area contributed by atoms with Gasteiger partial charge in [0.2, 0.25) is 0 Å². The summed E-state index contributed by atoms with van der Waals surface area (Å²) in [4.78, 5) is 13.5. The molecule has 0 aromatic carbocycles. The van der Waals surface area contributed by atoms with Gasteiger partial charge in [-0.1, -0.05) is 0 Å². The van der Waals surface area contributed by atoms with Crippen molar-refractivity contribution in [2.45, 2.75) is 70.6 Å². The van der Waals surface area contributed by atoms with E-state index < -0.39 is 0 Å². The first-order chi connectivity index (χ1) is 8.82. The van der Waals surface area contributed by atoms with Crippen molar-refractivity contribution in [2.75, 3.05) is 19.8 Å². The van der Waals surface area contributed by atoms with Crippen molar-refractivity contribution in [3.8, 4) is 0 Å². The molecule has 0 aromatic rings. The molecule has 0 radical (unpaired) electrons. The molecule has 2 rings (SSSR count). The lowest BCUT2D eigenvalue weighted by Gasteiger charge is -2.37. The minimum absolute atomic E-state index is 0.0863. The average molecular weight is 269 g/mol. The SMILES string of the molecule is CC(=O)OC[C@H]1CC[C@@]2(COC(C)(C)C)CCCN12. The van der Waals surface area contributed by atoms with Gasteiger partial charge in [0.25, 0.3) is 0 Å². The van der Waals surface area contributed by atoms with Crippen LogP contribution in [0.3, 0.4) is 0 Å². The van der Waals surface area contributed by atoms with Crippen LogP contribution in [0.4, 0.5) is 0 Å². The lowest BCUT2D eigenvalue weighted by Crippen LogP contribution is -2.48. The van der Waals surface area contributed by atoms with Crippen molar-refractivity contribution in [3.05, 3.63) is 0 Å². The van der Waals surface area contributed by atoms with Gasteiger partial charge in [-0.15, -0.1) is 0 Å². The highest BCUT2D eigenvalue weighted by atomic mass is 16.5. The highest BCUT2D eigenvalue weighted by Gasteiger charge is 2.49. The smallest absolute Gasteiger partial charge is 0.302 e. The standard InChI is InChI=1S/C15H27NO3/c1-12(17)18-10-13-6-8-15(7-5-9-16(13)15)11-19-14(2,3)4/h13H,5-11H2,1-4H3/t13-,15-/m1/s1. The molecule has 110 valence electrons. The average Bonchev–Trinajstić information content (AvgIpc) is 2.81. The van der Waals surface area contributed by atoms with E-state index in [1.807, 2.05) is 0 Å². The molecule has 0 N–H and O–H groups in total. The minimum atomic E-state index is -0.178. The Kier molecular flexibility index (Phi) is 4.21. The van der Waals surface area contributed by atoms with Gasteiger partial charge >= 0.3 is 5.97 Å². The molecular weight excluding hydrogens is 242 g/mol. The first kappa shape index (κ1) is 14.8. The van der Waals surface area contributed by atoms with Crippen LogP contribution in [-0.4, -0.2) is 47.8 Å². The molecule has 2 fully saturated rings. The van der Waals surface area contributed by atoms with Gasteiger partial charge in [-0.3, -0.25) is 9.69 Å². The number of ether oxygens (including phenoxy) is 2. The Morgan fingerprint density at radius 2 is 2.11 bits per heavy atom. The fraction of sp³-hybridized carbons (Fsp3) is 0.933. The summed E-state index contributed by atoms with van der Waals surface area (Å²) in [6.07, 6.45) is 4.71. The fourth-order valence-corrected chi connectivity index (χ4v) is 3.35. The third-order valence-corrected chi connectivity index (χ3v) is 4.29. The van der Waals surface area contributed by atoms with E-state index in [1.165, 1.54) is 19.8 Å². The van der Waals surface area contributed by atoms with Crippen molar-refractivity contribution >= 4 is 5.97 Å². The Bertz CT molecular complexity index is 337. The normalized spacial score (nSPS) is 31.5. The van der Waals surface area contributed by atoms with Crippen LogP contribution < -0.4 is 0 Å². The predicted octanol–water partition coefficient (Wildman–Crippen LogP) is 2.36. The summed E-state index contributed by atoms with van der Waals surface area (Å²) >= 11 is 0. The first-order valence-corrected chi connectivity index (χ1v) is 7.36. The number of rotatable bonds is 4. The Labute approximate surface area is 116 Å². The Morgan fingerprint density at radius 1 is 1.37 bits per heavy atom. The first-order valence-electron chi connectivity index (χ1n) is 7.36. The molecule has 2 aliphatic heterocycles. The molecule has 0 amide bonds. The molecule has 0 saturated carbocycles. The van der Waals surface area contributed by atoms with Gasteiger partial charge in [-0.2, -0.15) is 0 Å². The van der Waals surface area contributed by atoms with Gasteiger partial charge in [-0.25, -0.2) is 0 Å². The topological polar surface area (TPSA) is 38.8 Å². The van der Waals surface area contributed by atoms with Crippen LogP contribution in [-0.2, 0) is 14.3 Å². The summed E-state index contributed by atoms with van der Waals surface area (Å²) in [5.41, 5.74) is 0.106. The molecule has 2 heterocycles. The number of hydrogen-bond acceptors (Lipinski definition) is 4. The van der Waals surface area contributed by atoms with Crippen LogP contribution in [0, 0.1) is 0 Å². The number of fused-ring (bicyclic) bond motifs is 1. The third kappa shape index (κ3) is 3.48. The van der Waals surface area contributed by atoms with Crippen LogP contribution in [0.5, 0.6) is 0 Å². The molecule has 0 aromatic heterocycles. The third-order valence-electron chi connectivity index (χ3n) is 4.29. The summed E-state index contributed by atoms with van der Waals surface area (Å²) in [6, 6.07) is 0.384. The van der Waals surface area contributed by atoms with Gasteiger partial charge in [0.05, 0.1) is 12.2 Å². The highest BCUT2D eigenvalue weighted by molar-refractivity contribution is 5.65. The van der Waals surface area contributed by atoms with Gasteiger partial charge in [0.1, 0.15) is 6.61 Å². The largest absolute Gasteiger partial charge is 0.464 e. The van der Waals surface area contributed by atoms with Crippen LogP contribution in [0.1, 0.15) is 53.4 Å². The van der Waals surface area contributed by atoms with Crippen molar-refractivity contribution in [2.24, 2.45) is 0 Å². The zero-order chi connectivity index (χ0) is 14.1. The van der Waals surface area contributed by atoms with Crippen molar-refractivity contribution in [1.82, 2.24) is 4.90 Å². The number of hydrogen-bond donors (Lipinski definition) is 0. The second-order valence-corrected chi connectivity index (χ2v) is 6.92. The van der Waals surface area contributed by atoms with Gasteiger partial charge in [-0.05, 0) is 53.0 Å². The van der Waals surface area contributed by atoms with Gasteiger partial charge in [0.15, 0.2) is 0 Å². The zero-order valence-electron chi connectivity index (χ0n) is 12.7. The second kappa shape index (κ2) is 5.41. The van der Waals surface area contributed by atoms with E-state index in [0.29, 0.717) is 12.6 Å². The van der Waals surface area contributed by atoms with Crippen LogP contribution >= 0.6 is 0 Å². The Hall–Kier alpha value is -0.610. The van der Waals surface area contributed by atoms with E-state index in [9.17, 15) is 4.79 Å². The van der Waals surface area contributed by atoms with Crippen molar-refractivity contribution in [1.29, 1.82) is 0 Å². The van der Waals surface area contributed by atoms with E-state index in [1.54, 1.807) is 0 Å². The molecule has 0 unspecified atom stereocenters. The van der Waals surface area contributed by atoms with E-state index in [4.69, 9.17) is 9.47 Å². The van der Waals surface area contributed by atoms with E-state index in [2.05, 4.69) is 25.7 Å². The molecule has 0 aliphatic carbocycles. The van der Waals surface area contributed by atoms with E-state index >= 15 is 0 Å². The second-order valence-electron chi connectivity index (χ2n) is 6.92. The fourth-order valence-electron chi connectivity index (χ4n) is 3.35. The molecule has 2 aliphatic rings. The van der Waals surface area contributed by atoms with Crippen LogP contribution in [0.15, 0.2) is 0 Å². The van der Waals surface area contributed by atoms with Crippen molar-refractivity contribution in [3.63, 3.8) is 0 Å². The molecule has 0 spiro atoms. The molecule has 2 atom stereocenters. The van der Waals surface area contributed by atoms with Crippen LogP contribution in [0.25, 0.3) is 0 Å².